The number of benzene rings is 1. The van der Waals surface area contributed by atoms with Gasteiger partial charge in [0, 0.05) is 37.8 Å². The maximum Gasteiger partial charge on any atom is 0.242 e. The van der Waals surface area contributed by atoms with E-state index in [2.05, 4.69) is 10.6 Å². The summed E-state index contributed by atoms with van der Waals surface area (Å²) >= 11 is 1.79. The van der Waals surface area contributed by atoms with Crippen molar-refractivity contribution < 1.29 is 9.59 Å². The molecule has 1 aliphatic rings. The highest BCUT2D eigenvalue weighted by molar-refractivity contribution is 7.99. The molecule has 1 heterocycles. The number of thioether (sulfide) groups is 1. The first kappa shape index (κ1) is 15.9. The Morgan fingerprint density at radius 1 is 1.33 bits per heavy atom. The van der Waals surface area contributed by atoms with Gasteiger partial charge in [-0.3, -0.25) is 9.59 Å². The highest BCUT2D eigenvalue weighted by atomic mass is 32.2. The van der Waals surface area contributed by atoms with Crippen LogP contribution in [0.25, 0.3) is 0 Å². The third kappa shape index (κ3) is 4.75. The van der Waals surface area contributed by atoms with Crippen LogP contribution in [0.3, 0.4) is 0 Å². The number of nitrogens with one attached hydrogen (secondary N) is 2. The Morgan fingerprint density at radius 3 is 2.62 bits per heavy atom. The van der Waals surface area contributed by atoms with E-state index in [9.17, 15) is 9.59 Å². The normalized spacial score (nSPS) is 18.1. The molecule has 0 saturated carbocycles. The molecular weight excluding hydrogens is 286 g/mol. The van der Waals surface area contributed by atoms with Crippen molar-refractivity contribution in [2.75, 3.05) is 37.5 Å². The zero-order valence-electron chi connectivity index (χ0n) is 12.4. The van der Waals surface area contributed by atoms with Gasteiger partial charge in [-0.25, -0.2) is 0 Å². The number of rotatable bonds is 4. The van der Waals surface area contributed by atoms with Gasteiger partial charge in [-0.1, -0.05) is 12.1 Å². The van der Waals surface area contributed by atoms with Crippen molar-refractivity contribution in [2.24, 2.45) is 0 Å². The Kier molecular flexibility index (Phi) is 5.64. The number of hydrogen-bond acceptors (Lipinski definition) is 4. The summed E-state index contributed by atoms with van der Waals surface area (Å²) in [5.74, 6) is 1.93. The van der Waals surface area contributed by atoms with Crippen molar-refractivity contribution in [3.63, 3.8) is 0 Å². The van der Waals surface area contributed by atoms with E-state index in [1.807, 2.05) is 24.3 Å². The van der Waals surface area contributed by atoms with Crippen LogP contribution in [0.4, 0.5) is 5.69 Å². The van der Waals surface area contributed by atoms with E-state index in [0.29, 0.717) is 6.42 Å². The van der Waals surface area contributed by atoms with E-state index in [0.717, 1.165) is 29.3 Å². The van der Waals surface area contributed by atoms with Gasteiger partial charge in [0.1, 0.15) is 0 Å². The van der Waals surface area contributed by atoms with Crippen molar-refractivity contribution >= 4 is 29.3 Å². The monoisotopic (exact) mass is 307 g/mol. The summed E-state index contributed by atoms with van der Waals surface area (Å²) in [5.41, 5.74) is 1.71. The molecule has 1 aromatic carbocycles. The summed E-state index contributed by atoms with van der Waals surface area (Å²) in [7, 11) is 3.48. The molecule has 0 radical (unpaired) electrons. The molecule has 114 valence electrons. The van der Waals surface area contributed by atoms with Crippen LogP contribution in [-0.4, -0.2) is 54.9 Å². The van der Waals surface area contributed by atoms with Gasteiger partial charge in [0.2, 0.25) is 11.8 Å². The largest absolute Gasteiger partial charge is 0.349 e. The molecule has 1 saturated heterocycles. The number of carbonyl (C=O) groups excluding carboxylic acids is 2. The quantitative estimate of drug-likeness (QED) is 0.870. The van der Waals surface area contributed by atoms with Crippen LogP contribution in [-0.2, 0) is 16.0 Å². The third-order valence-electron chi connectivity index (χ3n) is 3.31. The molecule has 2 rings (SSSR count). The Hall–Kier alpha value is -1.53. The highest BCUT2D eigenvalue weighted by Gasteiger charge is 2.20. The second-order valence-corrected chi connectivity index (χ2v) is 6.38. The number of hydrogen-bond donors (Lipinski definition) is 2. The van der Waals surface area contributed by atoms with Crippen molar-refractivity contribution in [3.05, 3.63) is 29.8 Å². The molecule has 5 nitrogen and oxygen atoms in total. The fraction of sp³-hybridized carbons (Fsp3) is 0.467. The smallest absolute Gasteiger partial charge is 0.242 e. The minimum atomic E-state index is -0.126. The molecule has 21 heavy (non-hydrogen) atoms. The van der Waals surface area contributed by atoms with E-state index < -0.39 is 0 Å². The predicted octanol–water partition coefficient (Wildman–Crippen LogP) is 0.961. The lowest BCUT2D eigenvalue weighted by atomic mass is 10.1. The average molecular weight is 307 g/mol. The van der Waals surface area contributed by atoms with Gasteiger partial charge in [0.25, 0.3) is 0 Å². The van der Waals surface area contributed by atoms with E-state index in [-0.39, 0.29) is 17.9 Å². The van der Waals surface area contributed by atoms with Crippen LogP contribution in [0, 0.1) is 0 Å². The number of nitrogens with zero attached hydrogens (tertiary/aromatic N) is 1. The molecule has 0 aliphatic carbocycles. The first-order valence-electron chi connectivity index (χ1n) is 6.97. The number of carbonyl (C=O) groups is 2. The summed E-state index contributed by atoms with van der Waals surface area (Å²) in [6.07, 6.45) is 0.377. The second-order valence-electron chi connectivity index (χ2n) is 5.23. The van der Waals surface area contributed by atoms with Gasteiger partial charge in [0.15, 0.2) is 0 Å². The summed E-state index contributed by atoms with van der Waals surface area (Å²) in [6.45, 7) is 0.869. The van der Waals surface area contributed by atoms with E-state index in [4.69, 9.17) is 0 Å². The molecule has 6 heteroatoms. The third-order valence-corrected chi connectivity index (χ3v) is 4.38. The zero-order valence-corrected chi connectivity index (χ0v) is 13.2. The number of likely N-dealkylation sites (N-methyl/N-ethyl adjacent to an activating group) is 1. The van der Waals surface area contributed by atoms with Crippen LogP contribution in [0.2, 0.25) is 0 Å². The minimum absolute atomic E-state index is 0.000632. The van der Waals surface area contributed by atoms with Gasteiger partial charge in [0.05, 0.1) is 12.5 Å². The summed E-state index contributed by atoms with van der Waals surface area (Å²) in [4.78, 5) is 25.3. The maximum absolute atomic E-state index is 12.1. The average Bonchev–Trinajstić information content (AvgIpc) is 2.50. The predicted molar refractivity (Wildman–Crippen MR) is 86.6 cm³/mol. The Bertz CT molecular complexity index is 496. The molecule has 1 aromatic rings. The van der Waals surface area contributed by atoms with Gasteiger partial charge in [-0.2, -0.15) is 11.8 Å². The lowest BCUT2D eigenvalue weighted by Gasteiger charge is -2.22. The van der Waals surface area contributed by atoms with Gasteiger partial charge in [-0.15, -0.1) is 0 Å². The first-order chi connectivity index (χ1) is 10.1. The van der Waals surface area contributed by atoms with Crippen molar-refractivity contribution in [1.29, 1.82) is 0 Å². The highest BCUT2D eigenvalue weighted by Crippen LogP contribution is 2.13. The molecule has 0 bridgehead atoms. The fourth-order valence-corrected chi connectivity index (χ4v) is 2.94. The van der Waals surface area contributed by atoms with Gasteiger partial charge in [-0.05, 0) is 17.7 Å². The summed E-state index contributed by atoms with van der Waals surface area (Å²) in [6, 6.07) is 7.30. The molecule has 1 fully saturated rings. The van der Waals surface area contributed by atoms with Crippen LogP contribution in [0.15, 0.2) is 24.3 Å². The van der Waals surface area contributed by atoms with Gasteiger partial charge >= 0.3 is 0 Å². The standard InChI is InChI=1S/C15H21N3O2S/c1-18(2)14(19)9-11-3-5-12(6-4-11)17-15(20)13-10-21-8-7-16-13/h3-6,13,16H,7-10H2,1-2H3,(H,17,20). The van der Waals surface area contributed by atoms with Gasteiger partial charge < -0.3 is 15.5 Å². The first-order valence-corrected chi connectivity index (χ1v) is 8.13. The zero-order chi connectivity index (χ0) is 15.2. The van der Waals surface area contributed by atoms with Crippen LogP contribution < -0.4 is 10.6 Å². The number of amides is 2. The molecule has 2 amide bonds. The molecule has 2 N–H and O–H groups in total. The summed E-state index contributed by atoms with van der Waals surface area (Å²) < 4.78 is 0. The van der Waals surface area contributed by atoms with Crippen LogP contribution >= 0.6 is 11.8 Å². The van der Waals surface area contributed by atoms with Crippen LogP contribution in [0.5, 0.6) is 0 Å². The SMILES string of the molecule is CN(C)C(=O)Cc1ccc(NC(=O)C2CSCCN2)cc1. The Balaban J connectivity index is 1.89. The fourth-order valence-electron chi connectivity index (χ4n) is 2.00. The van der Waals surface area contributed by atoms with E-state index in [1.54, 1.807) is 30.8 Å². The maximum atomic E-state index is 12.1. The van der Waals surface area contributed by atoms with Crippen molar-refractivity contribution in [1.82, 2.24) is 10.2 Å². The topological polar surface area (TPSA) is 61.4 Å². The minimum Gasteiger partial charge on any atom is -0.349 e. The summed E-state index contributed by atoms with van der Waals surface area (Å²) in [5, 5.41) is 6.11. The lowest BCUT2D eigenvalue weighted by Crippen LogP contribution is -2.46. The molecule has 1 aliphatic heterocycles. The van der Waals surface area contributed by atoms with Crippen molar-refractivity contribution in [3.8, 4) is 0 Å². The van der Waals surface area contributed by atoms with E-state index >= 15 is 0 Å². The van der Waals surface area contributed by atoms with E-state index in [1.165, 1.54) is 0 Å². The van der Waals surface area contributed by atoms with Crippen molar-refractivity contribution in [2.45, 2.75) is 12.5 Å². The van der Waals surface area contributed by atoms with Crippen LogP contribution in [0.1, 0.15) is 5.56 Å². The Morgan fingerprint density at radius 2 is 2.05 bits per heavy atom. The molecule has 0 spiro atoms. The second kappa shape index (κ2) is 7.47. The lowest BCUT2D eigenvalue weighted by molar-refractivity contribution is -0.128. The molecule has 1 unspecified atom stereocenters. The molecule has 1 atom stereocenters. The molecule has 0 aromatic heterocycles. The molecular formula is C15H21N3O2S. The Labute approximate surface area is 129 Å². The number of anilines is 1.